The van der Waals surface area contributed by atoms with Gasteiger partial charge in [-0.05, 0) is 25.0 Å². The summed E-state index contributed by atoms with van der Waals surface area (Å²) in [7, 11) is 0. The highest BCUT2D eigenvalue weighted by molar-refractivity contribution is 5.24. The van der Waals surface area contributed by atoms with Crippen molar-refractivity contribution in [3.8, 4) is 0 Å². The van der Waals surface area contributed by atoms with E-state index in [-0.39, 0.29) is 0 Å². The van der Waals surface area contributed by atoms with Gasteiger partial charge in [0, 0.05) is 31.0 Å². The molecule has 0 aromatic heterocycles. The Morgan fingerprint density at radius 3 is 1.79 bits per heavy atom. The Kier molecular flexibility index (Phi) is 5.32. The Morgan fingerprint density at radius 2 is 1.38 bits per heavy atom. The third-order valence-corrected chi connectivity index (χ3v) is 4.77. The van der Waals surface area contributed by atoms with Crippen LogP contribution < -0.4 is 0 Å². The molecule has 1 saturated carbocycles. The molecule has 0 aliphatic heterocycles. The highest BCUT2D eigenvalue weighted by Crippen LogP contribution is 2.46. The molecule has 1 aliphatic rings. The molecule has 124 valence electrons. The van der Waals surface area contributed by atoms with Crippen molar-refractivity contribution >= 4 is 0 Å². The van der Waals surface area contributed by atoms with Crippen LogP contribution in [-0.2, 0) is 13.1 Å². The van der Waals surface area contributed by atoms with Crippen LogP contribution in [0.2, 0.25) is 0 Å². The molecule has 0 radical (unpaired) electrons. The van der Waals surface area contributed by atoms with Gasteiger partial charge in [0.2, 0.25) is 0 Å². The summed E-state index contributed by atoms with van der Waals surface area (Å²) in [5.74, 6) is 1.16. The van der Waals surface area contributed by atoms with Crippen molar-refractivity contribution in [2.75, 3.05) is 0 Å². The number of hydrogen-bond acceptors (Lipinski definition) is 1. The van der Waals surface area contributed by atoms with Crippen molar-refractivity contribution < 1.29 is 0 Å². The molecule has 3 atom stereocenters. The first-order valence-corrected chi connectivity index (χ1v) is 8.78. The van der Waals surface area contributed by atoms with E-state index in [1.54, 1.807) is 0 Å². The highest BCUT2D eigenvalue weighted by Gasteiger charge is 2.49. The van der Waals surface area contributed by atoms with Crippen LogP contribution >= 0.6 is 0 Å². The van der Waals surface area contributed by atoms with Crippen LogP contribution in [-0.4, -0.2) is 10.9 Å². The summed E-state index contributed by atoms with van der Waals surface area (Å²) in [5.41, 5.74) is 4.15. The van der Waals surface area contributed by atoms with E-state index in [1.807, 2.05) is 0 Å². The lowest BCUT2D eigenvalue weighted by Crippen LogP contribution is -2.27. The average molecular weight is 317 g/mol. The molecule has 0 N–H and O–H groups in total. The SMILES string of the molecule is C=CC1C(C=C(C)C)C1N(Cc1ccccc1)Cc1ccccc1. The second-order valence-electron chi connectivity index (χ2n) is 7.00. The highest BCUT2D eigenvalue weighted by atomic mass is 15.2. The fourth-order valence-corrected chi connectivity index (χ4v) is 3.62. The summed E-state index contributed by atoms with van der Waals surface area (Å²) in [6, 6.07) is 22.1. The normalized spacial score (nSPS) is 22.2. The number of rotatable bonds is 7. The van der Waals surface area contributed by atoms with Gasteiger partial charge in [0.25, 0.3) is 0 Å². The van der Waals surface area contributed by atoms with E-state index in [0.29, 0.717) is 17.9 Å². The summed E-state index contributed by atoms with van der Waals surface area (Å²) in [4.78, 5) is 2.61. The van der Waals surface area contributed by atoms with Crippen molar-refractivity contribution in [2.45, 2.75) is 33.0 Å². The molecule has 3 unspecified atom stereocenters. The van der Waals surface area contributed by atoms with Gasteiger partial charge in [-0.3, -0.25) is 4.90 Å². The summed E-state index contributed by atoms with van der Waals surface area (Å²) >= 11 is 0. The molecule has 2 aromatic rings. The molecule has 1 fully saturated rings. The van der Waals surface area contributed by atoms with Gasteiger partial charge in [-0.2, -0.15) is 0 Å². The molecule has 24 heavy (non-hydrogen) atoms. The lowest BCUT2D eigenvalue weighted by Gasteiger charge is -2.23. The third-order valence-electron chi connectivity index (χ3n) is 4.77. The molecule has 1 nitrogen and oxygen atoms in total. The average Bonchev–Trinajstić information content (AvgIpc) is 3.28. The van der Waals surface area contributed by atoms with Gasteiger partial charge >= 0.3 is 0 Å². The summed E-state index contributed by atoms with van der Waals surface area (Å²) in [6.07, 6.45) is 4.55. The molecule has 0 saturated heterocycles. The molecule has 1 heteroatoms. The van der Waals surface area contributed by atoms with Crippen molar-refractivity contribution in [1.82, 2.24) is 4.90 Å². The van der Waals surface area contributed by atoms with E-state index in [0.717, 1.165) is 13.1 Å². The van der Waals surface area contributed by atoms with Gasteiger partial charge in [-0.1, -0.05) is 78.4 Å². The quantitative estimate of drug-likeness (QED) is 0.613. The zero-order chi connectivity index (χ0) is 16.9. The minimum Gasteiger partial charge on any atom is -0.291 e. The van der Waals surface area contributed by atoms with Gasteiger partial charge in [0.15, 0.2) is 0 Å². The van der Waals surface area contributed by atoms with Gasteiger partial charge in [0.1, 0.15) is 0 Å². The van der Waals surface area contributed by atoms with Crippen LogP contribution in [0.4, 0.5) is 0 Å². The Hall–Kier alpha value is -2.12. The van der Waals surface area contributed by atoms with Gasteiger partial charge < -0.3 is 0 Å². The van der Waals surface area contributed by atoms with E-state index in [9.17, 15) is 0 Å². The van der Waals surface area contributed by atoms with Gasteiger partial charge in [0.05, 0.1) is 0 Å². The van der Waals surface area contributed by atoms with E-state index in [2.05, 4.69) is 98.1 Å². The Bertz CT molecular complexity index is 641. The predicted octanol–water partition coefficient (Wildman–Crippen LogP) is 5.46. The smallest absolute Gasteiger partial charge is 0.0240 e. The van der Waals surface area contributed by atoms with Crippen LogP contribution in [0.3, 0.4) is 0 Å². The maximum absolute atomic E-state index is 4.07. The topological polar surface area (TPSA) is 3.24 Å². The maximum atomic E-state index is 4.07. The molecule has 3 rings (SSSR count). The van der Waals surface area contributed by atoms with Crippen LogP contribution in [0.25, 0.3) is 0 Å². The van der Waals surface area contributed by atoms with Crippen molar-refractivity contribution in [1.29, 1.82) is 0 Å². The summed E-state index contributed by atoms with van der Waals surface area (Å²) < 4.78 is 0. The first-order valence-electron chi connectivity index (χ1n) is 8.78. The van der Waals surface area contributed by atoms with Gasteiger partial charge in [-0.15, -0.1) is 6.58 Å². The van der Waals surface area contributed by atoms with E-state index in [1.165, 1.54) is 16.7 Å². The van der Waals surface area contributed by atoms with Gasteiger partial charge in [-0.25, -0.2) is 0 Å². The minimum absolute atomic E-state index is 0.554. The molecule has 0 amide bonds. The fourth-order valence-electron chi connectivity index (χ4n) is 3.62. The standard InChI is InChI=1S/C23H27N/c1-4-21-22(15-18(2)3)23(21)24(16-19-11-7-5-8-12-19)17-20-13-9-6-10-14-20/h4-15,21-23H,1,16-17H2,2-3H3. The zero-order valence-electron chi connectivity index (χ0n) is 14.7. The number of nitrogens with zero attached hydrogens (tertiary/aromatic N) is 1. The van der Waals surface area contributed by atoms with Crippen molar-refractivity contribution in [2.24, 2.45) is 11.8 Å². The Balaban J connectivity index is 1.82. The fraction of sp³-hybridized carbons (Fsp3) is 0.304. The Morgan fingerprint density at radius 1 is 0.875 bits per heavy atom. The molecular weight excluding hydrogens is 290 g/mol. The largest absolute Gasteiger partial charge is 0.291 e. The van der Waals surface area contributed by atoms with E-state index < -0.39 is 0 Å². The molecule has 0 heterocycles. The predicted molar refractivity (Wildman–Crippen MR) is 103 cm³/mol. The summed E-state index contributed by atoms with van der Waals surface area (Å²) in [5, 5.41) is 0. The van der Waals surface area contributed by atoms with Crippen LogP contribution in [0.5, 0.6) is 0 Å². The molecule has 2 aromatic carbocycles. The first-order chi connectivity index (χ1) is 11.7. The van der Waals surface area contributed by atoms with Crippen LogP contribution in [0, 0.1) is 11.8 Å². The van der Waals surface area contributed by atoms with Crippen LogP contribution in [0.15, 0.2) is 85.0 Å². The zero-order valence-corrected chi connectivity index (χ0v) is 14.7. The lowest BCUT2D eigenvalue weighted by atomic mass is 10.1. The second-order valence-corrected chi connectivity index (χ2v) is 7.00. The minimum atomic E-state index is 0.554. The van der Waals surface area contributed by atoms with Crippen LogP contribution in [0.1, 0.15) is 25.0 Å². The monoisotopic (exact) mass is 317 g/mol. The maximum Gasteiger partial charge on any atom is 0.0240 e. The summed E-state index contributed by atoms with van der Waals surface area (Å²) in [6.45, 7) is 10.4. The number of benzene rings is 2. The third kappa shape index (κ3) is 4.04. The molecule has 0 bridgehead atoms. The Labute approximate surface area is 146 Å². The van der Waals surface area contributed by atoms with E-state index >= 15 is 0 Å². The van der Waals surface area contributed by atoms with E-state index in [4.69, 9.17) is 0 Å². The molecular formula is C23H27N. The molecule has 1 aliphatic carbocycles. The lowest BCUT2D eigenvalue weighted by molar-refractivity contribution is 0.233. The van der Waals surface area contributed by atoms with Crippen molar-refractivity contribution in [3.63, 3.8) is 0 Å². The number of allylic oxidation sites excluding steroid dienone is 1. The molecule has 0 spiro atoms. The number of hydrogen-bond donors (Lipinski definition) is 0. The van der Waals surface area contributed by atoms with Crippen molar-refractivity contribution in [3.05, 3.63) is 96.1 Å². The second kappa shape index (κ2) is 7.63. The first kappa shape index (κ1) is 16.7.